The summed E-state index contributed by atoms with van der Waals surface area (Å²) < 4.78 is 22.8. The lowest BCUT2D eigenvalue weighted by molar-refractivity contribution is 0.0953. The molecule has 0 aliphatic heterocycles. The van der Waals surface area contributed by atoms with Crippen molar-refractivity contribution in [3.8, 4) is 0 Å². The van der Waals surface area contributed by atoms with Gasteiger partial charge in [0.1, 0.15) is 0 Å². The number of nitrogens with one attached hydrogen (secondary N) is 1. The fraction of sp³-hybridized carbons (Fsp3) is 0.300. The van der Waals surface area contributed by atoms with Gasteiger partial charge in [0.25, 0.3) is 5.91 Å². The summed E-state index contributed by atoms with van der Waals surface area (Å²) in [7, 11) is -3.89. The summed E-state index contributed by atoms with van der Waals surface area (Å²) in [5.74, 6) is -0.437. The molecule has 0 aliphatic carbocycles. The van der Waals surface area contributed by atoms with Crippen LogP contribution in [0.4, 0.5) is 0 Å². The highest BCUT2D eigenvalue weighted by atomic mass is 79.9. The maximum absolute atomic E-state index is 11.8. The van der Waals surface area contributed by atoms with Crippen LogP contribution in [-0.4, -0.2) is 20.9 Å². The van der Waals surface area contributed by atoms with E-state index in [2.05, 4.69) is 21.2 Å². The molecule has 1 aromatic rings. The first-order chi connectivity index (χ1) is 8.27. The molecule has 0 atom stereocenters. The third-order valence-corrected chi connectivity index (χ3v) is 4.26. The van der Waals surface area contributed by atoms with E-state index in [-0.39, 0.29) is 15.5 Å². The zero-order valence-electron chi connectivity index (χ0n) is 9.54. The monoisotopic (exact) mass is 354 g/mol. The molecule has 0 unspecified atom stereocenters. The molecule has 1 aromatic carbocycles. The minimum atomic E-state index is -3.89. The molecule has 0 heterocycles. The summed E-state index contributed by atoms with van der Waals surface area (Å²) in [5.41, 5.74) is 0.0727. The zero-order valence-corrected chi connectivity index (χ0v) is 12.7. The quantitative estimate of drug-likeness (QED) is 0.864. The summed E-state index contributed by atoms with van der Waals surface area (Å²) in [5, 5.41) is 7.79. The van der Waals surface area contributed by atoms with Gasteiger partial charge >= 0.3 is 0 Å². The van der Waals surface area contributed by atoms with Crippen molar-refractivity contribution in [2.75, 3.05) is 6.54 Å². The van der Waals surface area contributed by atoms with Crippen LogP contribution >= 0.6 is 27.5 Å². The Morgan fingerprint density at radius 1 is 1.50 bits per heavy atom. The Morgan fingerprint density at radius 2 is 2.11 bits per heavy atom. The standard InChI is InChI=1S/C10H12BrClN2O3S/c1-2-3-14-10(15)7-4-6(18(13,16)17)5-8(11)9(7)12/h4-5H,2-3H2,1H3,(H,14,15)(H2,13,16,17). The van der Waals surface area contributed by atoms with Crippen LogP contribution in [0.1, 0.15) is 23.7 Å². The first-order valence-electron chi connectivity index (χ1n) is 5.07. The normalized spacial score (nSPS) is 11.3. The van der Waals surface area contributed by atoms with E-state index in [0.29, 0.717) is 11.0 Å². The third-order valence-electron chi connectivity index (χ3n) is 2.11. The van der Waals surface area contributed by atoms with Gasteiger partial charge in [-0.3, -0.25) is 4.79 Å². The maximum Gasteiger partial charge on any atom is 0.252 e. The maximum atomic E-state index is 11.8. The second-order valence-corrected chi connectivity index (χ2v) is 6.36. The van der Waals surface area contributed by atoms with Crippen molar-refractivity contribution < 1.29 is 13.2 Å². The number of carbonyl (C=O) groups is 1. The topological polar surface area (TPSA) is 89.3 Å². The predicted octanol–water partition coefficient (Wildman–Crippen LogP) is 1.89. The fourth-order valence-electron chi connectivity index (χ4n) is 1.23. The van der Waals surface area contributed by atoms with Gasteiger partial charge in [0.2, 0.25) is 10.0 Å². The zero-order chi connectivity index (χ0) is 13.9. The van der Waals surface area contributed by atoms with Crippen molar-refractivity contribution in [2.45, 2.75) is 18.2 Å². The number of nitrogens with two attached hydrogens (primary N) is 1. The van der Waals surface area contributed by atoms with Crippen LogP contribution in [0.15, 0.2) is 21.5 Å². The number of carbonyl (C=O) groups excluding carboxylic acids is 1. The minimum absolute atomic E-state index is 0.0727. The van der Waals surface area contributed by atoms with Crippen LogP contribution in [0, 0.1) is 0 Å². The van der Waals surface area contributed by atoms with E-state index in [0.717, 1.165) is 12.5 Å². The second kappa shape index (κ2) is 6.01. The van der Waals surface area contributed by atoms with Crippen LogP contribution in [0.2, 0.25) is 5.02 Å². The Morgan fingerprint density at radius 3 is 2.61 bits per heavy atom. The number of hydrogen-bond acceptors (Lipinski definition) is 3. The largest absolute Gasteiger partial charge is 0.352 e. The van der Waals surface area contributed by atoms with Gasteiger partial charge in [0, 0.05) is 11.0 Å². The van der Waals surface area contributed by atoms with Crippen molar-refractivity contribution >= 4 is 43.5 Å². The molecule has 0 saturated heterocycles. The Bertz CT molecular complexity index is 575. The highest BCUT2D eigenvalue weighted by Crippen LogP contribution is 2.29. The van der Waals surface area contributed by atoms with E-state index in [9.17, 15) is 13.2 Å². The van der Waals surface area contributed by atoms with E-state index in [1.54, 1.807) is 0 Å². The molecular weight excluding hydrogens is 344 g/mol. The van der Waals surface area contributed by atoms with E-state index < -0.39 is 15.9 Å². The van der Waals surface area contributed by atoms with Crippen LogP contribution in [0.25, 0.3) is 0 Å². The molecule has 0 aliphatic rings. The van der Waals surface area contributed by atoms with Gasteiger partial charge in [0.05, 0.1) is 15.5 Å². The SMILES string of the molecule is CCCNC(=O)c1cc(S(N)(=O)=O)cc(Br)c1Cl. The van der Waals surface area contributed by atoms with E-state index in [4.69, 9.17) is 16.7 Å². The van der Waals surface area contributed by atoms with Gasteiger partial charge in [-0.2, -0.15) is 0 Å². The van der Waals surface area contributed by atoms with Crippen molar-refractivity contribution in [3.05, 3.63) is 27.2 Å². The van der Waals surface area contributed by atoms with Crippen LogP contribution < -0.4 is 10.5 Å². The first-order valence-corrected chi connectivity index (χ1v) is 7.79. The highest BCUT2D eigenvalue weighted by molar-refractivity contribution is 9.10. The molecule has 18 heavy (non-hydrogen) atoms. The number of sulfonamides is 1. The van der Waals surface area contributed by atoms with Crippen molar-refractivity contribution in [1.29, 1.82) is 0 Å². The van der Waals surface area contributed by atoms with E-state index >= 15 is 0 Å². The number of amides is 1. The van der Waals surface area contributed by atoms with Gasteiger partial charge in [-0.05, 0) is 34.5 Å². The first kappa shape index (κ1) is 15.4. The van der Waals surface area contributed by atoms with Gasteiger partial charge in [-0.15, -0.1) is 0 Å². The number of primary sulfonamides is 1. The molecule has 0 aromatic heterocycles. The van der Waals surface area contributed by atoms with Gasteiger partial charge in [-0.1, -0.05) is 18.5 Å². The van der Waals surface area contributed by atoms with Gasteiger partial charge in [-0.25, -0.2) is 13.6 Å². The van der Waals surface area contributed by atoms with Crippen molar-refractivity contribution in [2.24, 2.45) is 5.14 Å². The van der Waals surface area contributed by atoms with Gasteiger partial charge < -0.3 is 5.32 Å². The lowest BCUT2D eigenvalue weighted by Crippen LogP contribution is -2.25. The summed E-state index contributed by atoms with van der Waals surface area (Å²) in [6, 6.07) is 2.42. The minimum Gasteiger partial charge on any atom is -0.352 e. The molecule has 5 nitrogen and oxygen atoms in total. The number of hydrogen-bond donors (Lipinski definition) is 2. The second-order valence-electron chi connectivity index (χ2n) is 3.57. The van der Waals surface area contributed by atoms with E-state index in [1.807, 2.05) is 6.92 Å². The van der Waals surface area contributed by atoms with E-state index in [1.165, 1.54) is 6.07 Å². The van der Waals surface area contributed by atoms with Crippen molar-refractivity contribution in [1.82, 2.24) is 5.32 Å². The summed E-state index contributed by atoms with van der Waals surface area (Å²) in [6.07, 6.45) is 0.763. The fourth-order valence-corrected chi connectivity index (χ4v) is 2.60. The molecule has 0 spiro atoms. The number of rotatable bonds is 4. The molecule has 100 valence electrons. The summed E-state index contributed by atoms with van der Waals surface area (Å²) >= 11 is 9.04. The molecule has 1 rings (SSSR count). The van der Waals surface area contributed by atoms with Crippen LogP contribution in [-0.2, 0) is 10.0 Å². The van der Waals surface area contributed by atoms with Crippen LogP contribution in [0.3, 0.4) is 0 Å². The lowest BCUT2D eigenvalue weighted by Gasteiger charge is -2.09. The number of halogens is 2. The smallest absolute Gasteiger partial charge is 0.252 e. The Labute approximate surface area is 119 Å². The summed E-state index contributed by atoms with van der Waals surface area (Å²) in [4.78, 5) is 11.6. The third kappa shape index (κ3) is 3.68. The Balaban J connectivity index is 3.27. The number of benzene rings is 1. The Kier molecular flexibility index (Phi) is 5.15. The lowest BCUT2D eigenvalue weighted by atomic mass is 10.2. The molecule has 0 fully saturated rings. The molecule has 3 N–H and O–H groups in total. The molecule has 0 radical (unpaired) electrons. The average Bonchev–Trinajstić information content (AvgIpc) is 2.27. The molecule has 0 saturated carbocycles. The molecular formula is C10H12BrClN2O3S. The molecule has 1 amide bonds. The van der Waals surface area contributed by atoms with Gasteiger partial charge in [0.15, 0.2) is 0 Å². The summed E-state index contributed by atoms with van der Waals surface area (Å²) in [6.45, 7) is 2.38. The highest BCUT2D eigenvalue weighted by Gasteiger charge is 2.18. The average molecular weight is 356 g/mol. The van der Waals surface area contributed by atoms with Crippen molar-refractivity contribution in [3.63, 3.8) is 0 Å². The molecule has 8 heteroatoms. The molecule has 0 bridgehead atoms. The predicted molar refractivity (Wildman–Crippen MR) is 73.1 cm³/mol. The van der Waals surface area contributed by atoms with Crippen LogP contribution in [0.5, 0.6) is 0 Å². The Hall–Kier alpha value is -0.630.